The lowest BCUT2D eigenvalue weighted by molar-refractivity contribution is -0.665. The molecule has 1 aliphatic rings. The van der Waals surface area contributed by atoms with Gasteiger partial charge in [0, 0.05) is 69.0 Å². The van der Waals surface area contributed by atoms with Crippen LogP contribution in [0.15, 0.2) is 243 Å². The minimum atomic E-state index is -1.38. The van der Waals surface area contributed by atoms with Gasteiger partial charge in [-0.05, 0) is 234 Å². The number of nitrogens with zero attached hydrogens (tertiary/aromatic N) is 5. The van der Waals surface area contributed by atoms with Crippen molar-refractivity contribution in [1.82, 2.24) is 0 Å². The van der Waals surface area contributed by atoms with Gasteiger partial charge >= 0.3 is 0 Å². The number of pyridine rings is 5. The van der Waals surface area contributed by atoms with Crippen LogP contribution in [0.2, 0.25) is 78.6 Å². The van der Waals surface area contributed by atoms with Crippen LogP contribution in [0.25, 0.3) is 132 Å². The molecule has 12 aromatic carbocycles. The van der Waals surface area contributed by atoms with Crippen molar-refractivity contribution in [2.45, 2.75) is 195 Å². The second-order valence-electron chi connectivity index (χ2n) is 42.0. The van der Waals surface area contributed by atoms with Crippen LogP contribution in [0.3, 0.4) is 0 Å². The van der Waals surface area contributed by atoms with Crippen molar-refractivity contribution in [1.29, 1.82) is 0 Å². The summed E-state index contributed by atoms with van der Waals surface area (Å²) in [7, 11) is 5.20. The number of hydrogen-bond donors (Lipinski definition) is 0. The highest BCUT2D eigenvalue weighted by atomic mass is 28.3. The summed E-state index contributed by atoms with van der Waals surface area (Å²) >= 11 is 0. The van der Waals surface area contributed by atoms with E-state index in [0.29, 0.717) is 11.7 Å². The van der Waals surface area contributed by atoms with Gasteiger partial charge in [-0.15, -0.1) is 0 Å². The first-order valence-electron chi connectivity index (χ1n) is 46.8. The van der Waals surface area contributed by atoms with Crippen LogP contribution in [-0.4, -0.2) is 32.3 Å². The highest BCUT2D eigenvalue weighted by Gasteiger charge is 2.38. The second-order valence-corrected chi connectivity index (χ2v) is 62.3. The zero-order valence-electron chi connectivity index (χ0n) is 84.6. The van der Waals surface area contributed by atoms with Gasteiger partial charge < -0.3 is 0 Å². The second kappa shape index (κ2) is 35.9. The van der Waals surface area contributed by atoms with Gasteiger partial charge in [-0.3, -0.25) is 0 Å². The van der Waals surface area contributed by atoms with Gasteiger partial charge in [0.05, 0.1) is 81.5 Å². The molecule has 0 aliphatic heterocycles. The van der Waals surface area contributed by atoms with Crippen LogP contribution in [0.5, 0.6) is 0 Å². The SMILES string of the molecule is Cc1cc(-c2c3ccc([Si](C)(C)C)cc3cc(C)[n+]2C)c(C)c(C)c1F.Cc1cc2c(cc1-c1c3ccc([Si](C)(C)C)cc3cc(C)[n+]1C)C(C)(C)c1ccccc1-2.Cc1cc2ccccc2cc1-c1c2ccc([Si](C)(C)C)cc2cc(C)[n+]1C.Cc1ccc2c(-c3ccccc3C)[n+](C)c(C)cc2c1.[2H]c1cc2cc([Si](C)(C)C)ccc2c(-c2cc(C)cc(C)c2C)[n+]1C. The number of fused-ring (bicyclic) bond motifs is 9. The molecule has 0 atom stereocenters. The van der Waals surface area contributed by atoms with Gasteiger partial charge in [0.1, 0.15) is 42.4 Å². The summed E-state index contributed by atoms with van der Waals surface area (Å²) in [6, 6.07) is 88.2. The van der Waals surface area contributed by atoms with Crippen LogP contribution in [0.1, 0.15) is 105 Å². The van der Waals surface area contributed by atoms with Crippen LogP contribution in [0.4, 0.5) is 4.39 Å². The molecule has 658 valence electrons. The maximum absolute atomic E-state index is 14.4. The van der Waals surface area contributed by atoms with E-state index in [1.807, 2.05) is 44.5 Å². The van der Waals surface area contributed by atoms with Crippen molar-refractivity contribution in [2.75, 3.05) is 0 Å². The molecule has 0 amide bonds. The van der Waals surface area contributed by atoms with Gasteiger partial charge in [-0.1, -0.05) is 270 Å². The third-order valence-electron chi connectivity index (χ3n) is 28.1. The van der Waals surface area contributed by atoms with Crippen molar-refractivity contribution in [3.05, 3.63) is 338 Å². The van der Waals surface area contributed by atoms with Crippen LogP contribution >= 0.6 is 0 Å². The maximum Gasteiger partial charge on any atom is 0.220 e. The van der Waals surface area contributed by atoms with Gasteiger partial charge in [0.2, 0.25) is 28.5 Å². The number of hydrogen-bond acceptors (Lipinski definition) is 0. The van der Waals surface area contributed by atoms with E-state index >= 15 is 0 Å². The number of rotatable bonds is 9. The molecule has 5 nitrogen and oxygen atoms in total. The first-order chi connectivity index (χ1) is 60.9. The number of aryl methyl sites for hydroxylation is 11. The Morgan fingerprint density at radius 2 is 0.628 bits per heavy atom. The topological polar surface area (TPSA) is 19.4 Å². The smallest absolute Gasteiger partial charge is 0.206 e. The third-order valence-corrected chi connectivity index (χ3v) is 36.2. The number of halogens is 1. The summed E-state index contributed by atoms with van der Waals surface area (Å²) in [5.74, 6) is -0.0909. The Morgan fingerprint density at radius 1 is 0.256 bits per heavy atom. The molecule has 129 heavy (non-hydrogen) atoms. The third kappa shape index (κ3) is 18.6. The Kier molecular flexibility index (Phi) is 25.7. The molecule has 0 spiro atoms. The fourth-order valence-corrected chi connectivity index (χ4v) is 24.1. The molecule has 0 saturated carbocycles. The Bertz CT molecular complexity index is 7430. The van der Waals surface area contributed by atoms with E-state index in [4.69, 9.17) is 1.37 Å². The average molecular weight is 1770 g/mol. The molecule has 18 rings (SSSR count). The van der Waals surface area contributed by atoms with E-state index in [1.54, 1.807) is 0 Å². The molecule has 10 heteroatoms. The zero-order valence-corrected chi connectivity index (χ0v) is 87.6. The lowest BCUT2D eigenvalue weighted by Crippen LogP contribution is -2.38. The van der Waals surface area contributed by atoms with Gasteiger partial charge in [0.25, 0.3) is 0 Å². The molecule has 5 aromatic heterocycles. The van der Waals surface area contributed by atoms with Crippen molar-refractivity contribution >= 4 is 118 Å². The van der Waals surface area contributed by atoms with Crippen LogP contribution in [-0.2, 0) is 40.7 Å². The minimum Gasteiger partial charge on any atom is -0.206 e. The summed E-state index contributed by atoms with van der Waals surface area (Å²) in [4.78, 5) is 0. The van der Waals surface area contributed by atoms with Crippen molar-refractivity contribution in [3.8, 4) is 67.4 Å². The average Bonchev–Trinajstić information content (AvgIpc) is 1.58. The lowest BCUT2D eigenvalue weighted by atomic mass is 9.81. The first kappa shape index (κ1) is 92.5. The Morgan fingerprint density at radius 3 is 1.10 bits per heavy atom. The Hall–Kier alpha value is -11.3. The summed E-state index contributed by atoms with van der Waals surface area (Å²) in [5.41, 5.74) is 35.0. The molecule has 0 bridgehead atoms. The molecular weight excluding hydrogens is 1630 g/mol. The first-order valence-corrected chi connectivity index (χ1v) is 60.3. The normalized spacial score (nSPS) is 12.6. The zero-order chi connectivity index (χ0) is 94.5. The number of aromatic nitrogens is 5. The molecule has 17 aromatic rings. The quantitative estimate of drug-likeness (QED) is 0.101. The monoisotopic (exact) mass is 1770 g/mol. The Labute approximate surface area is 776 Å². The van der Waals surface area contributed by atoms with Crippen LogP contribution in [0, 0.1) is 103 Å². The standard InChI is InChI=1S/C30H34NSi.C25H28NSi.C23H29FNSi.C22H28NSi.C19H20N/c1-19-15-26-24-11-9-10-12-27(24)30(3,4)28(26)18-25(19)29-23-14-13-22(32(6,7)8)17-21(23)16-20(2)31(29)5;1-17-13-19-9-7-8-10-20(19)16-24(17)25-23-12-11-22(27(4,5)6)15-21(23)14-18(2)26(25)3;1-14-11-21(16(3)17(4)22(14)24)23-20-10-9-19(26(6,7)8)13-18(20)12-15(2)25(23)5;1-15-12-16(2)17(3)21(13-15)22-20-9-8-19(24(5,6)7)14-18(20)10-11-23(22)4;1-13-9-10-18-16(11-13)12-15(3)20(4)19(18)17-8-6-5-7-14(17)2/h9-18H,1-8H3;7-16H,1-6H3;9-13H,1-8H3;8-14H,1-7H3;5-12H,1-4H3/q5*+1/i;;;11D;. The van der Waals surface area contributed by atoms with E-state index in [0.717, 1.165) is 22.4 Å². The summed E-state index contributed by atoms with van der Waals surface area (Å²) in [6.07, 6.45) is 0.550. The predicted molar refractivity (Wildman–Crippen MR) is 566 cm³/mol. The molecule has 5 heterocycles. The predicted octanol–water partition coefficient (Wildman–Crippen LogP) is 26.8. The fraction of sp³-hybridized carbons (Fsp3) is 0.286. The van der Waals surface area contributed by atoms with Crippen molar-refractivity contribution in [2.24, 2.45) is 35.2 Å². The van der Waals surface area contributed by atoms with Gasteiger partial charge in [-0.2, -0.15) is 18.3 Å². The molecule has 0 fully saturated rings. The number of benzene rings is 12. The summed E-state index contributed by atoms with van der Waals surface area (Å²) < 4.78 is 34.1. The highest BCUT2D eigenvalue weighted by molar-refractivity contribution is 6.90. The van der Waals surface area contributed by atoms with E-state index < -0.39 is 32.3 Å². The Balaban J connectivity index is 0.000000132. The van der Waals surface area contributed by atoms with E-state index in [-0.39, 0.29) is 11.2 Å². The van der Waals surface area contributed by atoms with E-state index in [9.17, 15) is 4.39 Å². The van der Waals surface area contributed by atoms with E-state index in [2.05, 4.69) is 439 Å². The maximum atomic E-state index is 14.4. The molecular formula is C119H139FN5Si4+5. The summed E-state index contributed by atoms with van der Waals surface area (Å²) in [5, 5.41) is 21.5. The molecule has 0 saturated heterocycles. The minimum absolute atomic E-state index is 0.0115. The highest BCUT2D eigenvalue weighted by Crippen LogP contribution is 2.51. The van der Waals surface area contributed by atoms with Crippen LogP contribution < -0.4 is 43.6 Å². The van der Waals surface area contributed by atoms with Crippen molar-refractivity contribution < 1.29 is 28.6 Å². The molecule has 0 radical (unpaired) electrons. The molecule has 0 unspecified atom stereocenters. The van der Waals surface area contributed by atoms with E-state index in [1.165, 1.54) is 214 Å². The largest absolute Gasteiger partial charge is 0.220 e. The molecule has 0 N–H and O–H groups in total. The van der Waals surface area contributed by atoms with Crippen molar-refractivity contribution in [3.63, 3.8) is 0 Å². The molecule has 1 aliphatic carbocycles. The lowest BCUT2D eigenvalue weighted by Gasteiger charge is -2.22. The fourth-order valence-electron chi connectivity index (χ4n) is 19.4. The summed E-state index contributed by atoms with van der Waals surface area (Å²) in [6.45, 7) is 63.3. The van der Waals surface area contributed by atoms with Gasteiger partial charge in [0.15, 0.2) is 28.9 Å². The van der Waals surface area contributed by atoms with Gasteiger partial charge in [-0.25, -0.2) is 8.96 Å².